The normalized spacial score (nSPS) is 15.9. The van der Waals surface area contributed by atoms with Gasteiger partial charge in [0.05, 0.1) is 0 Å². The smallest absolute Gasteiger partial charge is 0.0199 e. The molecule has 0 amide bonds. The molecular weight excluding hydrogens is 745 g/mol. The van der Waals surface area contributed by atoms with Crippen molar-refractivity contribution in [2.45, 2.75) is 5.92 Å². The molecule has 0 aliphatic heterocycles. The largest absolute Gasteiger partial charge is 0.0760 e. The predicted molar refractivity (Wildman–Crippen MR) is 262 cm³/mol. The summed E-state index contributed by atoms with van der Waals surface area (Å²) in [6.07, 6.45) is 9.22. The molecule has 0 heteroatoms. The van der Waals surface area contributed by atoms with Crippen molar-refractivity contribution >= 4 is 37.9 Å². The molecule has 0 bridgehead atoms. The van der Waals surface area contributed by atoms with Gasteiger partial charge in [0, 0.05) is 11.8 Å². The monoisotopic (exact) mass is 784 g/mol. The second kappa shape index (κ2) is 13.9. The Kier molecular flexibility index (Phi) is 7.84. The van der Waals surface area contributed by atoms with Crippen molar-refractivity contribution in [2.24, 2.45) is 5.92 Å². The van der Waals surface area contributed by atoms with Crippen molar-refractivity contribution in [3.05, 3.63) is 258 Å². The summed E-state index contributed by atoms with van der Waals surface area (Å²) in [6.45, 7) is 0. The number of benzene rings is 10. The van der Waals surface area contributed by atoms with E-state index in [1.54, 1.807) is 0 Å². The van der Waals surface area contributed by atoms with Crippen LogP contribution in [0.25, 0.3) is 93.5 Å². The lowest BCUT2D eigenvalue weighted by Crippen LogP contribution is -2.22. The van der Waals surface area contributed by atoms with Crippen LogP contribution in [0.4, 0.5) is 0 Å². The molecule has 0 saturated carbocycles. The first-order chi connectivity index (χ1) is 30.8. The van der Waals surface area contributed by atoms with E-state index in [9.17, 15) is 0 Å². The number of allylic oxidation sites excluding steroid dienone is 5. The molecule has 0 radical (unpaired) electrons. The maximum atomic E-state index is 2.42. The molecule has 0 saturated heterocycles. The average molecular weight is 785 g/mol. The first-order valence-corrected chi connectivity index (χ1v) is 21.8. The highest BCUT2D eigenvalue weighted by atomic mass is 14.4. The second-order valence-corrected chi connectivity index (χ2v) is 17.0. The van der Waals surface area contributed by atoms with Gasteiger partial charge in [-0.1, -0.05) is 231 Å². The van der Waals surface area contributed by atoms with E-state index in [0.717, 1.165) is 0 Å². The molecule has 3 aliphatic carbocycles. The lowest BCUT2D eigenvalue weighted by Gasteiger charge is -2.37. The van der Waals surface area contributed by atoms with Crippen LogP contribution in [-0.4, -0.2) is 0 Å². The molecule has 288 valence electrons. The second-order valence-electron chi connectivity index (χ2n) is 17.0. The van der Waals surface area contributed by atoms with E-state index in [2.05, 4.69) is 231 Å². The van der Waals surface area contributed by atoms with Gasteiger partial charge >= 0.3 is 0 Å². The van der Waals surface area contributed by atoms with E-state index in [1.165, 1.54) is 121 Å². The Labute approximate surface area is 362 Å². The first kappa shape index (κ1) is 35.0. The Hall–Kier alpha value is -7.80. The maximum Gasteiger partial charge on any atom is 0.0199 e. The highest BCUT2D eigenvalue weighted by Crippen LogP contribution is 2.59. The number of hydrogen-bond donors (Lipinski definition) is 0. The van der Waals surface area contributed by atoms with Gasteiger partial charge in [0.1, 0.15) is 0 Å². The quantitative estimate of drug-likeness (QED) is 0.163. The maximum absolute atomic E-state index is 2.42. The van der Waals surface area contributed by atoms with Crippen LogP contribution in [-0.2, 0) is 0 Å². The average Bonchev–Trinajstić information content (AvgIpc) is 3.67. The number of rotatable bonds is 5. The van der Waals surface area contributed by atoms with E-state index < -0.39 is 0 Å². The van der Waals surface area contributed by atoms with Gasteiger partial charge in [-0.05, 0) is 121 Å². The minimum absolute atomic E-state index is 0.232. The Bertz CT molecular complexity index is 3450. The van der Waals surface area contributed by atoms with Gasteiger partial charge in [0.2, 0.25) is 0 Å². The first-order valence-electron chi connectivity index (χ1n) is 21.8. The van der Waals surface area contributed by atoms with E-state index in [0.29, 0.717) is 0 Å². The molecule has 0 fully saturated rings. The zero-order chi connectivity index (χ0) is 40.7. The zero-order valence-electron chi connectivity index (χ0n) is 34.1. The van der Waals surface area contributed by atoms with Crippen molar-refractivity contribution in [3.8, 4) is 55.6 Å². The van der Waals surface area contributed by atoms with Gasteiger partial charge in [-0.3, -0.25) is 0 Å². The van der Waals surface area contributed by atoms with Crippen molar-refractivity contribution in [2.75, 3.05) is 0 Å². The van der Waals surface area contributed by atoms with Gasteiger partial charge in [-0.25, -0.2) is 0 Å². The minimum Gasteiger partial charge on any atom is -0.0760 e. The van der Waals surface area contributed by atoms with Crippen LogP contribution in [0.3, 0.4) is 0 Å². The van der Waals surface area contributed by atoms with E-state index in [1.807, 2.05) is 0 Å². The molecule has 2 unspecified atom stereocenters. The standard InChI is InChI=1S/C62H40/c1-3-17-41(18-4-1)58-52-26-13-14-27-53(52)59(42-19-5-2-6-20-42)62-55-37-36-46(47-28-15-29-54(60(47)55)61(58)62)40-31-33-43(34-32-40)56-48-22-9-11-24-50(48)57(51-25-12-10-23-49(51)56)45-35-30-39-16-7-8-21-44(39)38-45/h1-38,50,57H. The molecule has 10 aromatic carbocycles. The summed E-state index contributed by atoms with van der Waals surface area (Å²) in [7, 11) is 0. The van der Waals surface area contributed by atoms with Crippen LogP contribution in [0.15, 0.2) is 236 Å². The van der Waals surface area contributed by atoms with E-state index in [-0.39, 0.29) is 11.8 Å². The zero-order valence-corrected chi connectivity index (χ0v) is 34.1. The van der Waals surface area contributed by atoms with Crippen molar-refractivity contribution in [1.29, 1.82) is 0 Å². The summed E-state index contributed by atoms with van der Waals surface area (Å²) < 4.78 is 0. The predicted octanol–water partition coefficient (Wildman–Crippen LogP) is 16.5. The topological polar surface area (TPSA) is 0 Å². The third-order valence-electron chi connectivity index (χ3n) is 13.8. The third kappa shape index (κ3) is 5.20. The van der Waals surface area contributed by atoms with Crippen LogP contribution in [0, 0.1) is 5.92 Å². The van der Waals surface area contributed by atoms with Gasteiger partial charge in [0.15, 0.2) is 0 Å². The minimum atomic E-state index is 0.232. The van der Waals surface area contributed by atoms with Crippen molar-refractivity contribution in [3.63, 3.8) is 0 Å². The van der Waals surface area contributed by atoms with Crippen LogP contribution >= 0.6 is 0 Å². The molecule has 0 spiro atoms. The van der Waals surface area contributed by atoms with Gasteiger partial charge < -0.3 is 0 Å². The summed E-state index contributed by atoms with van der Waals surface area (Å²) in [6, 6.07) is 77.0. The highest BCUT2D eigenvalue weighted by Gasteiger charge is 2.36. The Balaban J connectivity index is 0.971. The Morgan fingerprint density at radius 2 is 0.919 bits per heavy atom. The number of hydrogen-bond acceptors (Lipinski definition) is 0. The Morgan fingerprint density at radius 1 is 0.339 bits per heavy atom. The SMILES string of the molecule is C1=CC2=C(c3ccc(-c4ccc5c6c(cccc46)-c4c-5c(-c5ccccc5)c5ccccc5c4-c4ccccc4)cc3)c3ccccc3C(c3ccc4ccccc4c3)C2C=C1. The molecule has 0 aromatic heterocycles. The molecule has 2 atom stereocenters. The van der Waals surface area contributed by atoms with Crippen LogP contribution in [0.2, 0.25) is 0 Å². The fourth-order valence-electron chi connectivity index (χ4n) is 11.2. The summed E-state index contributed by atoms with van der Waals surface area (Å²) >= 11 is 0. The van der Waals surface area contributed by atoms with Crippen LogP contribution in [0.5, 0.6) is 0 Å². The summed E-state index contributed by atoms with van der Waals surface area (Å²) in [4.78, 5) is 0. The lowest BCUT2D eigenvalue weighted by molar-refractivity contribution is 0.649. The summed E-state index contributed by atoms with van der Waals surface area (Å²) in [5, 5.41) is 7.76. The molecule has 62 heavy (non-hydrogen) atoms. The van der Waals surface area contributed by atoms with Crippen molar-refractivity contribution < 1.29 is 0 Å². The van der Waals surface area contributed by atoms with Crippen molar-refractivity contribution in [1.82, 2.24) is 0 Å². The molecule has 0 heterocycles. The molecule has 0 N–H and O–H groups in total. The molecule has 10 aromatic rings. The van der Waals surface area contributed by atoms with Gasteiger partial charge in [-0.2, -0.15) is 0 Å². The van der Waals surface area contributed by atoms with E-state index >= 15 is 0 Å². The van der Waals surface area contributed by atoms with Crippen LogP contribution in [0.1, 0.15) is 28.2 Å². The lowest BCUT2D eigenvalue weighted by atomic mass is 9.66. The summed E-state index contributed by atoms with van der Waals surface area (Å²) in [5.74, 6) is 0.470. The molecule has 3 aliphatic rings. The highest BCUT2D eigenvalue weighted by molar-refractivity contribution is 6.28. The third-order valence-corrected chi connectivity index (χ3v) is 13.8. The Morgan fingerprint density at radius 3 is 1.66 bits per heavy atom. The van der Waals surface area contributed by atoms with E-state index in [4.69, 9.17) is 0 Å². The van der Waals surface area contributed by atoms with Gasteiger partial charge in [-0.15, -0.1) is 0 Å². The van der Waals surface area contributed by atoms with Crippen LogP contribution < -0.4 is 0 Å². The fraction of sp³-hybridized carbons (Fsp3) is 0.0323. The molecular formula is C62H40. The fourth-order valence-corrected chi connectivity index (χ4v) is 11.2. The molecule has 0 nitrogen and oxygen atoms in total. The molecule has 13 rings (SSSR count). The van der Waals surface area contributed by atoms with Gasteiger partial charge in [0.25, 0.3) is 0 Å². The number of fused-ring (bicyclic) bond motifs is 7. The summed E-state index contributed by atoms with van der Waals surface area (Å²) in [5.41, 5.74) is 20.9.